The first-order valence-corrected chi connectivity index (χ1v) is 4.22. The fraction of sp³-hybridized carbons (Fsp3) is 0.0909. The number of nitrogens with zero attached hydrogens (tertiary/aromatic N) is 1. The third-order valence-corrected chi connectivity index (χ3v) is 2.11. The zero-order valence-corrected chi connectivity index (χ0v) is 7.62. The molecule has 0 N–H and O–H groups in total. The van der Waals surface area contributed by atoms with E-state index in [1.165, 1.54) is 13.0 Å². The molecule has 1 aromatic heterocycles. The van der Waals surface area contributed by atoms with Crippen molar-refractivity contribution in [3.8, 4) is 0 Å². The largest absolute Gasteiger partial charge is 0.294 e. The number of aromatic nitrogens is 1. The molecule has 1 heterocycles. The summed E-state index contributed by atoms with van der Waals surface area (Å²) in [6.45, 7) is 1.35. The molecule has 70 valence electrons. The Labute approximate surface area is 80.4 Å². The summed E-state index contributed by atoms with van der Waals surface area (Å²) in [6.07, 6.45) is 3.19. The van der Waals surface area contributed by atoms with Crippen molar-refractivity contribution >= 4 is 16.6 Å². The van der Waals surface area contributed by atoms with E-state index in [1.54, 1.807) is 24.5 Å². The number of ketones is 1. The zero-order valence-electron chi connectivity index (χ0n) is 7.62. The van der Waals surface area contributed by atoms with Gasteiger partial charge in [-0.05, 0) is 30.5 Å². The summed E-state index contributed by atoms with van der Waals surface area (Å²) in [6, 6.07) is 4.63. The molecular formula is C11H8FNO. The quantitative estimate of drug-likeness (QED) is 0.645. The molecule has 14 heavy (non-hydrogen) atoms. The topological polar surface area (TPSA) is 30.0 Å². The van der Waals surface area contributed by atoms with Crippen LogP contribution >= 0.6 is 0 Å². The second kappa shape index (κ2) is 3.18. The Balaban J connectivity index is 2.77. The number of benzene rings is 1. The highest BCUT2D eigenvalue weighted by Crippen LogP contribution is 2.18. The van der Waals surface area contributed by atoms with Gasteiger partial charge >= 0.3 is 0 Å². The minimum absolute atomic E-state index is 0.128. The molecule has 2 nitrogen and oxygen atoms in total. The van der Waals surface area contributed by atoms with Gasteiger partial charge < -0.3 is 0 Å². The van der Waals surface area contributed by atoms with Crippen LogP contribution in [0.15, 0.2) is 30.6 Å². The molecule has 0 unspecified atom stereocenters. The van der Waals surface area contributed by atoms with E-state index >= 15 is 0 Å². The van der Waals surface area contributed by atoms with E-state index in [0.29, 0.717) is 5.39 Å². The highest BCUT2D eigenvalue weighted by molar-refractivity contribution is 5.98. The first-order valence-electron chi connectivity index (χ1n) is 4.22. The molecule has 0 aliphatic carbocycles. The van der Waals surface area contributed by atoms with Gasteiger partial charge in [-0.3, -0.25) is 9.78 Å². The van der Waals surface area contributed by atoms with Gasteiger partial charge in [-0.2, -0.15) is 0 Å². The Morgan fingerprint density at radius 1 is 1.36 bits per heavy atom. The maximum Gasteiger partial charge on any atom is 0.162 e. The van der Waals surface area contributed by atoms with Crippen LogP contribution in [0.5, 0.6) is 0 Å². The Hall–Kier alpha value is -1.77. The van der Waals surface area contributed by atoms with Crippen molar-refractivity contribution in [2.45, 2.75) is 6.92 Å². The molecular weight excluding hydrogens is 181 g/mol. The summed E-state index contributed by atoms with van der Waals surface area (Å²) in [4.78, 5) is 14.9. The summed E-state index contributed by atoms with van der Waals surface area (Å²) in [7, 11) is 0. The molecule has 2 aromatic rings. The van der Waals surface area contributed by atoms with Crippen LogP contribution in [0.1, 0.15) is 17.3 Å². The number of hydrogen-bond acceptors (Lipinski definition) is 2. The van der Waals surface area contributed by atoms with Crippen LogP contribution in [0.3, 0.4) is 0 Å². The normalized spacial score (nSPS) is 10.4. The molecule has 0 aliphatic heterocycles. The summed E-state index contributed by atoms with van der Waals surface area (Å²) >= 11 is 0. The molecule has 2 rings (SSSR count). The number of carbonyl (C=O) groups excluding carboxylic acids is 1. The average molecular weight is 189 g/mol. The SMILES string of the molecule is CC(=O)c1cc2ccncc2cc1F. The summed E-state index contributed by atoms with van der Waals surface area (Å²) in [5.74, 6) is -0.751. The van der Waals surface area contributed by atoms with Crippen LogP contribution in [0.2, 0.25) is 0 Å². The van der Waals surface area contributed by atoms with Crippen molar-refractivity contribution in [1.82, 2.24) is 4.98 Å². The second-order valence-electron chi connectivity index (χ2n) is 3.11. The van der Waals surface area contributed by atoms with Crippen molar-refractivity contribution in [1.29, 1.82) is 0 Å². The van der Waals surface area contributed by atoms with Crippen molar-refractivity contribution in [2.24, 2.45) is 0 Å². The maximum absolute atomic E-state index is 13.3. The van der Waals surface area contributed by atoms with Gasteiger partial charge in [0, 0.05) is 17.8 Å². The smallest absolute Gasteiger partial charge is 0.162 e. The molecule has 0 fully saturated rings. The van der Waals surface area contributed by atoms with E-state index in [0.717, 1.165) is 5.39 Å². The molecule has 0 bridgehead atoms. The number of hydrogen-bond donors (Lipinski definition) is 0. The first kappa shape index (κ1) is 8.81. The van der Waals surface area contributed by atoms with Gasteiger partial charge in [0.1, 0.15) is 5.82 Å². The van der Waals surface area contributed by atoms with E-state index in [9.17, 15) is 9.18 Å². The summed E-state index contributed by atoms with van der Waals surface area (Å²) in [5.41, 5.74) is 0.128. The van der Waals surface area contributed by atoms with Crippen molar-refractivity contribution < 1.29 is 9.18 Å². The number of carbonyl (C=O) groups is 1. The number of pyridine rings is 1. The standard InChI is InChI=1S/C11H8FNO/c1-7(14)10-4-8-2-3-13-6-9(8)5-11(10)12/h2-6H,1H3. The Bertz CT molecular complexity index is 508. The third kappa shape index (κ3) is 1.37. The predicted molar refractivity (Wildman–Crippen MR) is 51.7 cm³/mol. The molecule has 0 aliphatic rings. The fourth-order valence-corrected chi connectivity index (χ4v) is 1.38. The van der Waals surface area contributed by atoms with E-state index < -0.39 is 5.82 Å². The van der Waals surface area contributed by atoms with E-state index in [-0.39, 0.29) is 11.3 Å². The van der Waals surface area contributed by atoms with Gasteiger partial charge in [-0.1, -0.05) is 0 Å². The van der Waals surface area contributed by atoms with Gasteiger partial charge in [-0.25, -0.2) is 4.39 Å². The average Bonchev–Trinajstić information content (AvgIpc) is 2.16. The van der Waals surface area contributed by atoms with Crippen molar-refractivity contribution in [3.63, 3.8) is 0 Å². The molecule has 0 saturated heterocycles. The van der Waals surface area contributed by atoms with Crippen LogP contribution in [-0.2, 0) is 0 Å². The highest BCUT2D eigenvalue weighted by atomic mass is 19.1. The molecule has 1 aromatic carbocycles. The highest BCUT2D eigenvalue weighted by Gasteiger charge is 2.08. The first-order chi connectivity index (χ1) is 6.68. The lowest BCUT2D eigenvalue weighted by molar-refractivity contribution is 0.101. The number of rotatable bonds is 1. The fourth-order valence-electron chi connectivity index (χ4n) is 1.38. The van der Waals surface area contributed by atoms with Crippen LogP contribution in [-0.4, -0.2) is 10.8 Å². The minimum Gasteiger partial charge on any atom is -0.294 e. The zero-order chi connectivity index (χ0) is 10.1. The van der Waals surface area contributed by atoms with Crippen LogP contribution in [0, 0.1) is 5.82 Å². The van der Waals surface area contributed by atoms with Crippen molar-refractivity contribution in [2.75, 3.05) is 0 Å². The van der Waals surface area contributed by atoms with Crippen LogP contribution in [0.25, 0.3) is 10.8 Å². The molecule has 0 radical (unpaired) electrons. The number of halogens is 1. The van der Waals surface area contributed by atoms with E-state index in [1.807, 2.05) is 0 Å². The van der Waals surface area contributed by atoms with Gasteiger partial charge in [-0.15, -0.1) is 0 Å². The predicted octanol–water partition coefficient (Wildman–Crippen LogP) is 2.58. The monoisotopic (exact) mass is 189 g/mol. The lowest BCUT2D eigenvalue weighted by Crippen LogP contribution is -1.96. The number of Topliss-reactive ketones (excluding diaryl/α,β-unsaturated/α-hetero) is 1. The lowest BCUT2D eigenvalue weighted by Gasteiger charge is -2.01. The third-order valence-electron chi connectivity index (χ3n) is 2.11. The molecule has 0 atom stereocenters. The van der Waals surface area contributed by atoms with Crippen molar-refractivity contribution in [3.05, 3.63) is 42.0 Å². The molecule has 0 saturated carbocycles. The molecule has 0 amide bonds. The molecule has 3 heteroatoms. The Morgan fingerprint density at radius 3 is 2.86 bits per heavy atom. The van der Waals surface area contributed by atoms with Crippen LogP contribution in [0.4, 0.5) is 4.39 Å². The Morgan fingerprint density at radius 2 is 2.14 bits per heavy atom. The van der Waals surface area contributed by atoms with Crippen LogP contribution < -0.4 is 0 Å². The van der Waals surface area contributed by atoms with Gasteiger partial charge in [0.15, 0.2) is 5.78 Å². The van der Waals surface area contributed by atoms with E-state index in [4.69, 9.17) is 0 Å². The second-order valence-corrected chi connectivity index (χ2v) is 3.11. The molecule has 0 spiro atoms. The number of fused-ring (bicyclic) bond motifs is 1. The van der Waals surface area contributed by atoms with Gasteiger partial charge in [0.25, 0.3) is 0 Å². The summed E-state index contributed by atoms with van der Waals surface area (Å²) in [5, 5.41) is 1.53. The lowest BCUT2D eigenvalue weighted by atomic mass is 10.1. The summed E-state index contributed by atoms with van der Waals surface area (Å²) < 4.78 is 13.3. The Kier molecular flexibility index (Phi) is 2.00. The minimum atomic E-state index is -0.488. The van der Waals surface area contributed by atoms with Gasteiger partial charge in [0.2, 0.25) is 0 Å². The van der Waals surface area contributed by atoms with Gasteiger partial charge in [0.05, 0.1) is 5.56 Å². The van der Waals surface area contributed by atoms with E-state index in [2.05, 4.69) is 4.98 Å². The maximum atomic E-state index is 13.3.